The van der Waals surface area contributed by atoms with Gasteiger partial charge < -0.3 is 0 Å². The standard InChI is InChI=1S/C38H20N2S2/c39-21-23-12-14-37-33(16-23)32-10-5-9-30(38(32)42-37)28-18-26(17-27(19-28)29-7-2-1-6-25(29)22-40)24-13-15-36-34(20-24)31-8-3-4-11-35(31)41-36/h1-20H. The average molecular weight is 569 g/mol. The largest absolute Gasteiger partial charge is 0.192 e. The monoisotopic (exact) mass is 568 g/mol. The zero-order chi connectivity index (χ0) is 28.2. The normalized spacial score (nSPS) is 11.3. The van der Waals surface area contributed by atoms with Crippen LogP contribution in [-0.2, 0) is 0 Å². The number of nitriles is 2. The maximum atomic E-state index is 9.94. The lowest BCUT2D eigenvalue weighted by Crippen LogP contribution is -1.89. The summed E-state index contributed by atoms with van der Waals surface area (Å²) in [5, 5.41) is 24.2. The van der Waals surface area contributed by atoms with Crippen molar-refractivity contribution >= 4 is 63.0 Å². The molecule has 2 nitrogen and oxygen atoms in total. The third-order valence-electron chi connectivity index (χ3n) is 7.94. The van der Waals surface area contributed by atoms with Gasteiger partial charge in [0.15, 0.2) is 0 Å². The molecule has 42 heavy (non-hydrogen) atoms. The van der Waals surface area contributed by atoms with Crippen LogP contribution in [0.4, 0.5) is 0 Å². The van der Waals surface area contributed by atoms with Crippen LogP contribution in [0.1, 0.15) is 11.1 Å². The summed E-state index contributed by atoms with van der Waals surface area (Å²) in [5.74, 6) is 0. The first kappa shape index (κ1) is 24.5. The Balaban J connectivity index is 1.40. The number of thiophene rings is 2. The first-order chi connectivity index (χ1) is 20.7. The maximum absolute atomic E-state index is 9.94. The molecule has 194 valence electrons. The fourth-order valence-electron chi connectivity index (χ4n) is 5.94. The Morgan fingerprint density at radius 1 is 0.429 bits per heavy atom. The van der Waals surface area contributed by atoms with Crippen molar-refractivity contribution in [2.75, 3.05) is 0 Å². The molecule has 0 atom stereocenters. The Morgan fingerprint density at radius 3 is 1.98 bits per heavy atom. The van der Waals surface area contributed by atoms with Crippen LogP contribution in [0.2, 0.25) is 0 Å². The van der Waals surface area contributed by atoms with Gasteiger partial charge in [-0.25, -0.2) is 0 Å². The Bertz CT molecular complexity index is 2450. The van der Waals surface area contributed by atoms with Crippen molar-refractivity contribution in [1.82, 2.24) is 0 Å². The van der Waals surface area contributed by atoms with E-state index in [4.69, 9.17) is 0 Å². The van der Waals surface area contributed by atoms with E-state index in [9.17, 15) is 10.5 Å². The van der Waals surface area contributed by atoms with Crippen LogP contribution < -0.4 is 0 Å². The molecule has 2 heterocycles. The minimum atomic E-state index is 0.656. The minimum absolute atomic E-state index is 0.656. The third kappa shape index (κ3) is 3.90. The highest BCUT2D eigenvalue weighted by molar-refractivity contribution is 7.26. The van der Waals surface area contributed by atoms with Crippen LogP contribution in [0.3, 0.4) is 0 Å². The van der Waals surface area contributed by atoms with Crippen LogP contribution in [0.25, 0.3) is 73.7 Å². The number of benzene rings is 6. The fourth-order valence-corrected chi connectivity index (χ4v) is 8.24. The highest BCUT2D eigenvalue weighted by Crippen LogP contribution is 2.43. The molecule has 0 aliphatic carbocycles. The molecule has 4 heteroatoms. The van der Waals surface area contributed by atoms with Gasteiger partial charge in [-0.1, -0.05) is 60.7 Å². The van der Waals surface area contributed by atoms with E-state index in [1.54, 1.807) is 11.3 Å². The summed E-state index contributed by atoms with van der Waals surface area (Å²) in [6, 6.07) is 46.8. The smallest absolute Gasteiger partial charge is 0.0998 e. The lowest BCUT2D eigenvalue weighted by Gasteiger charge is -2.13. The molecule has 0 saturated heterocycles. The molecule has 0 bridgehead atoms. The molecule has 0 fully saturated rings. The van der Waals surface area contributed by atoms with Gasteiger partial charge in [0.2, 0.25) is 0 Å². The van der Waals surface area contributed by atoms with E-state index in [0.717, 1.165) is 48.9 Å². The number of rotatable bonds is 3. The molecule has 0 radical (unpaired) electrons. The number of nitrogens with zero attached hydrogens (tertiary/aromatic N) is 2. The van der Waals surface area contributed by atoms with Crippen LogP contribution >= 0.6 is 22.7 Å². The summed E-state index contributed by atoms with van der Waals surface area (Å²) in [6.07, 6.45) is 0. The van der Waals surface area contributed by atoms with E-state index in [2.05, 4.69) is 91.0 Å². The Morgan fingerprint density at radius 2 is 1.10 bits per heavy atom. The van der Waals surface area contributed by atoms with E-state index in [-0.39, 0.29) is 0 Å². The molecular weight excluding hydrogens is 549 g/mol. The zero-order valence-electron chi connectivity index (χ0n) is 22.3. The van der Waals surface area contributed by atoms with Crippen molar-refractivity contribution in [1.29, 1.82) is 10.5 Å². The van der Waals surface area contributed by atoms with E-state index < -0.39 is 0 Å². The lowest BCUT2D eigenvalue weighted by molar-refractivity contribution is 1.48. The summed E-state index contributed by atoms with van der Waals surface area (Å²) < 4.78 is 4.92. The molecule has 0 unspecified atom stereocenters. The molecule has 8 rings (SSSR count). The van der Waals surface area contributed by atoms with Crippen molar-refractivity contribution in [2.24, 2.45) is 0 Å². The summed E-state index contributed by atoms with van der Waals surface area (Å²) in [6.45, 7) is 0. The summed E-state index contributed by atoms with van der Waals surface area (Å²) >= 11 is 3.58. The van der Waals surface area contributed by atoms with Crippen molar-refractivity contribution in [3.8, 4) is 45.5 Å². The molecule has 0 aliphatic heterocycles. The zero-order valence-corrected chi connectivity index (χ0v) is 23.9. The van der Waals surface area contributed by atoms with E-state index in [1.165, 1.54) is 24.9 Å². The molecule has 0 N–H and O–H groups in total. The van der Waals surface area contributed by atoms with Gasteiger partial charge in [0, 0.05) is 40.3 Å². The highest BCUT2D eigenvalue weighted by atomic mass is 32.1. The van der Waals surface area contributed by atoms with E-state index in [0.29, 0.717) is 11.1 Å². The maximum Gasteiger partial charge on any atom is 0.0998 e. The minimum Gasteiger partial charge on any atom is -0.192 e. The highest BCUT2D eigenvalue weighted by Gasteiger charge is 2.15. The second kappa shape index (κ2) is 9.68. The first-order valence-electron chi connectivity index (χ1n) is 13.6. The molecule has 8 aromatic rings. The van der Waals surface area contributed by atoms with Gasteiger partial charge in [-0.05, 0) is 94.0 Å². The molecule has 0 saturated carbocycles. The van der Waals surface area contributed by atoms with Crippen molar-refractivity contribution in [2.45, 2.75) is 0 Å². The predicted octanol–water partition coefficient (Wildman–Crippen LogP) is 11.2. The van der Waals surface area contributed by atoms with Gasteiger partial charge >= 0.3 is 0 Å². The van der Waals surface area contributed by atoms with Gasteiger partial charge in [-0.15, -0.1) is 22.7 Å². The summed E-state index contributed by atoms with van der Waals surface area (Å²) in [7, 11) is 0. The van der Waals surface area contributed by atoms with Crippen LogP contribution in [0.5, 0.6) is 0 Å². The number of fused-ring (bicyclic) bond motifs is 6. The van der Waals surface area contributed by atoms with Crippen LogP contribution in [0.15, 0.2) is 121 Å². The van der Waals surface area contributed by atoms with E-state index >= 15 is 0 Å². The fraction of sp³-hybridized carbons (Fsp3) is 0. The molecule has 0 aliphatic rings. The lowest BCUT2D eigenvalue weighted by atomic mass is 9.91. The summed E-state index contributed by atoms with van der Waals surface area (Å²) in [5.41, 5.74) is 7.76. The summed E-state index contributed by atoms with van der Waals surface area (Å²) in [4.78, 5) is 0. The van der Waals surface area contributed by atoms with Crippen molar-refractivity contribution in [3.63, 3.8) is 0 Å². The number of hydrogen-bond donors (Lipinski definition) is 0. The third-order valence-corrected chi connectivity index (χ3v) is 10.3. The molecular formula is C38H20N2S2. The van der Waals surface area contributed by atoms with Gasteiger partial charge in [0.25, 0.3) is 0 Å². The van der Waals surface area contributed by atoms with Crippen LogP contribution in [0, 0.1) is 22.7 Å². The van der Waals surface area contributed by atoms with Crippen molar-refractivity contribution in [3.05, 3.63) is 132 Å². The Hall–Kier alpha value is -5.26. The topological polar surface area (TPSA) is 47.6 Å². The molecule has 0 amide bonds. The SMILES string of the molecule is N#Cc1ccc2sc3c(-c4cc(-c5ccc6sc7ccccc7c6c5)cc(-c5ccccc5C#N)c4)cccc3c2c1. The van der Waals surface area contributed by atoms with Crippen molar-refractivity contribution < 1.29 is 0 Å². The Kier molecular flexibility index (Phi) is 5.66. The molecule has 0 spiro atoms. The second-order valence-electron chi connectivity index (χ2n) is 10.4. The van der Waals surface area contributed by atoms with Crippen LogP contribution in [-0.4, -0.2) is 0 Å². The average Bonchev–Trinajstić information content (AvgIpc) is 3.62. The van der Waals surface area contributed by atoms with Gasteiger partial charge in [0.05, 0.1) is 23.3 Å². The van der Waals surface area contributed by atoms with Gasteiger partial charge in [0.1, 0.15) is 0 Å². The molecule has 2 aromatic heterocycles. The number of hydrogen-bond acceptors (Lipinski definition) is 4. The van der Waals surface area contributed by atoms with Gasteiger partial charge in [-0.2, -0.15) is 10.5 Å². The Labute approximate surface area is 250 Å². The quantitative estimate of drug-likeness (QED) is 0.213. The molecule has 6 aromatic carbocycles. The first-order valence-corrected chi connectivity index (χ1v) is 15.3. The second-order valence-corrected chi connectivity index (χ2v) is 12.5. The van der Waals surface area contributed by atoms with Gasteiger partial charge in [-0.3, -0.25) is 0 Å². The van der Waals surface area contributed by atoms with E-state index in [1.807, 2.05) is 53.8 Å². The predicted molar refractivity (Wildman–Crippen MR) is 178 cm³/mol.